The van der Waals surface area contributed by atoms with Crippen LogP contribution < -0.4 is 4.74 Å². The van der Waals surface area contributed by atoms with Crippen LogP contribution in [0, 0.1) is 17.5 Å². The summed E-state index contributed by atoms with van der Waals surface area (Å²) < 4.78 is 88.0. The topological polar surface area (TPSA) is 110 Å². The van der Waals surface area contributed by atoms with Gasteiger partial charge in [0.1, 0.15) is 41.2 Å². The maximum atomic E-state index is 13.6. The molecule has 15 heteroatoms. The van der Waals surface area contributed by atoms with Crippen LogP contribution in [0.5, 0.6) is 5.75 Å². The highest BCUT2D eigenvalue weighted by atomic mass is 32.2. The lowest BCUT2D eigenvalue weighted by Gasteiger charge is -2.41. The van der Waals surface area contributed by atoms with E-state index in [4.69, 9.17) is 4.74 Å². The first-order chi connectivity index (χ1) is 17.0. The number of rotatable bonds is 6. The van der Waals surface area contributed by atoms with Crippen molar-refractivity contribution in [3.63, 3.8) is 0 Å². The number of aliphatic hydroxyl groups excluding tert-OH is 3. The molecule has 0 aliphatic carbocycles. The van der Waals surface area contributed by atoms with Gasteiger partial charge >= 0.3 is 6.36 Å². The summed E-state index contributed by atoms with van der Waals surface area (Å²) in [6.45, 7) is -0.657. The standard InChI is InChI=1S/C21H17F6N3O5S/c22-12-5-9(6-13(23)16(12)24)14-7-30(29-28-14)17-18(32)15(8-31)34-20(19(17)33)36-11-3-1-10(2-4-11)35-21(25,26)27/h1-7,15,17-20,31-33H,8H2/t15?,17?,18-,19-,20+/m0/s1. The SMILES string of the molecule is OCC1O[C@H](Sc2ccc(OC(F)(F)F)cc2)[C@@H](O)C(n2cc(-c3cc(F)c(F)c(F)c3)nn2)[C@H]1O. The van der Waals surface area contributed by atoms with Gasteiger partial charge in [0.15, 0.2) is 17.5 Å². The molecule has 0 amide bonds. The Morgan fingerprint density at radius 3 is 2.25 bits per heavy atom. The van der Waals surface area contributed by atoms with Gasteiger partial charge < -0.3 is 24.8 Å². The second-order valence-electron chi connectivity index (χ2n) is 7.67. The maximum absolute atomic E-state index is 13.6. The number of hydrogen-bond donors (Lipinski definition) is 3. The van der Waals surface area contributed by atoms with Gasteiger partial charge in [-0.15, -0.1) is 18.3 Å². The molecular weight excluding hydrogens is 520 g/mol. The first-order valence-corrected chi connectivity index (χ1v) is 11.1. The summed E-state index contributed by atoms with van der Waals surface area (Å²) in [6, 6.07) is 4.85. The molecule has 2 unspecified atom stereocenters. The summed E-state index contributed by atoms with van der Waals surface area (Å²) in [7, 11) is 0. The summed E-state index contributed by atoms with van der Waals surface area (Å²) in [5, 5.41) is 38.8. The highest BCUT2D eigenvalue weighted by Gasteiger charge is 2.46. The average molecular weight is 537 g/mol. The summed E-state index contributed by atoms with van der Waals surface area (Å²) in [5.41, 5.74) is -1.37. The molecule has 0 bridgehead atoms. The molecular formula is C21H17F6N3O5S. The van der Waals surface area contributed by atoms with Crippen molar-refractivity contribution < 1.29 is 51.1 Å². The summed E-state index contributed by atoms with van der Waals surface area (Å²) in [4.78, 5) is 0.372. The fraction of sp³-hybridized carbons (Fsp3) is 0.333. The predicted octanol–water partition coefficient (Wildman–Crippen LogP) is 3.03. The largest absolute Gasteiger partial charge is 0.573 e. The fourth-order valence-electron chi connectivity index (χ4n) is 3.59. The lowest BCUT2D eigenvalue weighted by atomic mass is 9.97. The average Bonchev–Trinajstić information content (AvgIpc) is 3.29. The van der Waals surface area contributed by atoms with Gasteiger partial charge in [-0.25, -0.2) is 17.9 Å². The van der Waals surface area contributed by atoms with E-state index in [1.54, 1.807) is 0 Å². The highest BCUT2D eigenvalue weighted by Crippen LogP contribution is 2.39. The van der Waals surface area contributed by atoms with Crippen LogP contribution in [-0.2, 0) is 4.74 Å². The third kappa shape index (κ3) is 5.59. The Labute approximate surface area is 203 Å². The van der Waals surface area contributed by atoms with E-state index in [-0.39, 0.29) is 11.3 Å². The van der Waals surface area contributed by atoms with Crippen molar-refractivity contribution >= 4 is 11.8 Å². The van der Waals surface area contributed by atoms with E-state index in [0.29, 0.717) is 17.0 Å². The zero-order valence-corrected chi connectivity index (χ0v) is 18.6. The van der Waals surface area contributed by atoms with Crippen molar-refractivity contribution in [3.05, 3.63) is 60.0 Å². The molecule has 36 heavy (non-hydrogen) atoms. The van der Waals surface area contributed by atoms with Gasteiger partial charge in [-0.3, -0.25) is 0 Å². The molecule has 3 aromatic rings. The number of alkyl halides is 3. The summed E-state index contributed by atoms with van der Waals surface area (Å²) in [5.74, 6) is -5.02. The highest BCUT2D eigenvalue weighted by molar-refractivity contribution is 7.99. The van der Waals surface area contributed by atoms with E-state index < -0.39 is 66.0 Å². The normalized spacial score (nSPS) is 24.6. The molecule has 1 saturated heterocycles. The molecule has 2 heterocycles. The van der Waals surface area contributed by atoms with Crippen LogP contribution >= 0.6 is 11.8 Å². The zero-order valence-electron chi connectivity index (χ0n) is 17.8. The molecule has 0 spiro atoms. The van der Waals surface area contributed by atoms with Crippen LogP contribution in [0.3, 0.4) is 0 Å². The van der Waals surface area contributed by atoms with Gasteiger partial charge in [0, 0.05) is 10.5 Å². The Hall–Kier alpha value is -2.85. The second kappa shape index (κ2) is 10.3. The number of aromatic nitrogens is 3. The number of aliphatic hydroxyl groups is 3. The Bertz CT molecular complexity index is 1190. The molecule has 1 aromatic heterocycles. The van der Waals surface area contributed by atoms with E-state index in [0.717, 1.165) is 34.8 Å². The molecule has 194 valence electrons. The molecule has 1 aliphatic heterocycles. The zero-order chi connectivity index (χ0) is 26.2. The van der Waals surface area contributed by atoms with Crippen molar-refractivity contribution in [1.29, 1.82) is 0 Å². The van der Waals surface area contributed by atoms with Crippen LogP contribution in [0.4, 0.5) is 26.3 Å². The molecule has 1 fully saturated rings. The number of hydrogen-bond acceptors (Lipinski definition) is 8. The van der Waals surface area contributed by atoms with Crippen LogP contribution in [0.25, 0.3) is 11.3 Å². The Kier molecular flexibility index (Phi) is 7.47. The van der Waals surface area contributed by atoms with Gasteiger partial charge in [-0.1, -0.05) is 17.0 Å². The van der Waals surface area contributed by atoms with E-state index >= 15 is 0 Å². The lowest BCUT2D eigenvalue weighted by molar-refractivity contribution is -0.274. The van der Waals surface area contributed by atoms with Crippen molar-refractivity contribution in [3.8, 4) is 17.0 Å². The number of nitrogens with zero attached hydrogens (tertiary/aromatic N) is 3. The quantitative estimate of drug-likeness (QED) is 0.325. The van der Waals surface area contributed by atoms with Crippen LogP contribution in [-0.4, -0.2) is 67.0 Å². The third-order valence-corrected chi connectivity index (χ3v) is 6.42. The van der Waals surface area contributed by atoms with Crippen molar-refractivity contribution in [1.82, 2.24) is 15.0 Å². The van der Waals surface area contributed by atoms with Gasteiger partial charge in [-0.05, 0) is 36.4 Å². The van der Waals surface area contributed by atoms with Crippen LogP contribution in [0.15, 0.2) is 47.5 Å². The first-order valence-electron chi connectivity index (χ1n) is 10.2. The Morgan fingerprint density at radius 1 is 1.03 bits per heavy atom. The molecule has 3 N–H and O–H groups in total. The summed E-state index contributed by atoms with van der Waals surface area (Å²) >= 11 is 0.894. The maximum Gasteiger partial charge on any atom is 0.573 e. The minimum Gasteiger partial charge on any atom is -0.406 e. The third-order valence-electron chi connectivity index (χ3n) is 5.25. The second-order valence-corrected chi connectivity index (χ2v) is 8.84. The molecule has 1 aliphatic rings. The van der Waals surface area contributed by atoms with Crippen LogP contribution in [0.1, 0.15) is 6.04 Å². The molecule has 2 aromatic carbocycles. The minimum atomic E-state index is -4.86. The van der Waals surface area contributed by atoms with Crippen molar-refractivity contribution in [2.75, 3.05) is 6.61 Å². The van der Waals surface area contributed by atoms with Gasteiger partial charge in [0.2, 0.25) is 0 Å². The Morgan fingerprint density at radius 2 is 1.67 bits per heavy atom. The van der Waals surface area contributed by atoms with Crippen LogP contribution in [0.2, 0.25) is 0 Å². The fourth-order valence-corrected chi connectivity index (χ4v) is 4.65. The molecule has 4 rings (SSSR count). The number of thioether (sulfide) groups is 1. The number of benzene rings is 2. The molecule has 5 atom stereocenters. The lowest BCUT2D eigenvalue weighted by Crippen LogP contribution is -2.55. The number of ether oxygens (including phenoxy) is 2. The predicted molar refractivity (Wildman–Crippen MR) is 111 cm³/mol. The molecule has 0 saturated carbocycles. The van der Waals surface area contributed by atoms with E-state index in [1.165, 1.54) is 12.1 Å². The smallest absolute Gasteiger partial charge is 0.406 e. The first kappa shape index (κ1) is 26.2. The minimum absolute atomic E-state index is 0.0938. The van der Waals surface area contributed by atoms with Gasteiger partial charge in [0.05, 0.1) is 12.8 Å². The van der Waals surface area contributed by atoms with Crippen molar-refractivity contribution in [2.45, 2.75) is 41.0 Å². The Balaban J connectivity index is 1.57. The van der Waals surface area contributed by atoms with E-state index in [2.05, 4.69) is 15.0 Å². The monoisotopic (exact) mass is 537 g/mol. The van der Waals surface area contributed by atoms with Crippen molar-refractivity contribution in [2.24, 2.45) is 0 Å². The van der Waals surface area contributed by atoms with E-state index in [1.807, 2.05) is 0 Å². The molecule has 0 radical (unpaired) electrons. The van der Waals surface area contributed by atoms with Gasteiger partial charge in [0.25, 0.3) is 0 Å². The van der Waals surface area contributed by atoms with Gasteiger partial charge in [-0.2, -0.15) is 0 Å². The number of halogens is 6. The van der Waals surface area contributed by atoms with E-state index in [9.17, 15) is 41.7 Å². The summed E-state index contributed by atoms with van der Waals surface area (Å²) in [6.07, 6.45) is -7.89. The molecule has 8 nitrogen and oxygen atoms in total.